The number of hydrogen-bond donors (Lipinski definition) is 0. The Morgan fingerprint density at radius 3 is 2.96 bits per heavy atom. The van der Waals surface area contributed by atoms with Crippen LogP contribution in [0.25, 0.3) is 10.9 Å². The van der Waals surface area contributed by atoms with Crippen molar-refractivity contribution in [3.63, 3.8) is 0 Å². The van der Waals surface area contributed by atoms with Crippen LogP contribution in [-0.2, 0) is 13.6 Å². The monoisotopic (exact) mass is 343 g/mol. The second kappa shape index (κ2) is 5.94. The quantitative estimate of drug-likeness (QED) is 0.734. The van der Waals surface area contributed by atoms with Gasteiger partial charge in [-0.2, -0.15) is 0 Å². The van der Waals surface area contributed by atoms with Gasteiger partial charge in [0.25, 0.3) is 5.91 Å². The molecule has 1 aliphatic rings. The van der Waals surface area contributed by atoms with Gasteiger partial charge >= 0.3 is 0 Å². The van der Waals surface area contributed by atoms with Crippen LogP contribution in [-0.4, -0.2) is 43.0 Å². The number of aromatic nitrogens is 4. The fourth-order valence-electron chi connectivity index (χ4n) is 3.56. The Hall–Kier alpha value is -2.34. The highest BCUT2D eigenvalue weighted by Gasteiger charge is 2.33. The van der Waals surface area contributed by atoms with E-state index in [0.717, 1.165) is 30.3 Å². The molecule has 3 aromatic rings. The van der Waals surface area contributed by atoms with E-state index in [1.54, 1.807) is 10.9 Å². The maximum absolute atomic E-state index is 13.2. The highest BCUT2D eigenvalue weighted by molar-refractivity contribution is 6.38. The van der Waals surface area contributed by atoms with Gasteiger partial charge < -0.3 is 9.47 Å². The lowest BCUT2D eigenvalue weighted by Crippen LogP contribution is -2.39. The van der Waals surface area contributed by atoms with Gasteiger partial charge in [0, 0.05) is 30.7 Å². The van der Waals surface area contributed by atoms with Crippen LogP contribution in [0.5, 0.6) is 0 Å². The molecule has 1 fully saturated rings. The lowest BCUT2D eigenvalue weighted by molar-refractivity contribution is 0.0712. The second-order valence-corrected chi connectivity index (χ2v) is 6.54. The van der Waals surface area contributed by atoms with Gasteiger partial charge in [-0.3, -0.25) is 9.48 Å². The maximum Gasteiger partial charge on any atom is 0.272 e. The molecule has 24 heavy (non-hydrogen) atoms. The Kier molecular flexibility index (Phi) is 3.76. The number of amides is 1. The first kappa shape index (κ1) is 15.2. The summed E-state index contributed by atoms with van der Waals surface area (Å²) in [5.74, 6) is -0.0127. The SMILES string of the molecule is Cn1c(C(=O)N2CCC[C@H]2Cn2ccnn2)c(Cl)c2ccccc21. The van der Waals surface area contributed by atoms with E-state index in [9.17, 15) is 4.79 Å². The number of fused-ring (bicyclic) bond motifs is 1. The number of carbonyl (C=O) groups is 1. The zero-order valence-electron chi connectivity index (χ0n) is 13.4. The maximum atomic E-state index is 13.2. The van der Waals surface area contributed by atoms with Gasteiger partial charge in [-0.1, -0.05) is 35.0 Å². The first-order chi connectivity index (χ1) is 11.7. The molecule has 4 rings (SSSR count). The molecular formula is C17H18ClN5O. The highest BCUT2D eigenvalue weighted by atomic mass is 35.5. The third-order valence-electron chi connectivity index (χ3n) is 4.76. The number of rotatable bonds is 3. The zero-order chi connectivity index (χ0) is 16.7. The summed E-state index contributed by atoms with van der Waals surface area (Å²) >= 11 is 6.53. The third kappa shape index (κ3) is 2.38. The van der Waals surface area contributed by atoms with Crippen molar-refractivity contribution in [3.05, 3.63) is 47.4 Å². The van der Waals surface area contributed by atoms with Gasteiger partial charge in [0.05, 0.1) is 23.8 Å². The first-order valence-corrected chi connectivity index (χ1v) is 8.42. The molecule has 0 radical (unpaired) electrons. The van der Waals surface area contributed by atoms with Crippen LogP contribution in [0.15, 0.2) is 36.7 Å². The molecule has 1 aliphatic heterocycles. The summed E-state index contributed by atoms with van der Waals surface area (Å²) in [6, 6.07) is 7.94. The summed E-state index contributed by atoms with van der Waals surface area (Å²) in [7, 11) is 1.89. The van der Waals surface area contributed by atoms with Crippen molar-refractivity contribution in [2.45, 2.75) is 25.4 Å². The van der Waals surface area contributed by atoms with Gasteiger partial charge in [-0.05, 0) is 18.9 Å². The molecule has 1 aromatic carbocycles. The van der Waals surface area contributed by atoms with Crippen LogP contribution in [0.4, 0.5) is 0 Å². The molecule has 6 nitrogen and oxygen atoms in total. The van der Waals surface area contributed by atoms with Gasteiger partial charge in [-0.15, -0.1) is 5.10 Å². The van der Waals surface area contributed by atoms with E-state index < -0.39 is 0 Å². The van der Waals surface area contributed by atoms with Crippen LogP contribution in [0, 0.1) is 0 Å². The number of likely N-dealkylation sites (tertiary alicyclic amines) is 1. The normalized spacial score (nSPS) is 17.8. The lowest BCUT2D eigenvalue weighted by atomic mass is 10.2. The van der Waals surface area contributed by atoms with E-state index in [1.807, 2.05) is 47.0 Å². The molecule has 1 saturated heterocycles. The van der Waals surface area contributed by atoms with Crippen LogP contribution in [0.1, 0.15) is 23.3 Å². The molecule has 1 atom stereocenters. The van der Waals surface area contributed by atoms with Crippen LogP contribution < -0.4 is 0 Å². The molecule has 1 amide bonds. The van der Waals surface area contributed by atoms with Crippen molar-refractivity contribution < 1.29 is 4.79 Å². The van der Waals surface area contributed by atoms with Crippen molar-refractivity contribution in [2.75, 3.05) is 6.54 Å². The lowest BCUT2D eigenvalue weighted by Gasteiger charge is -2.25. The average molecular weight is 344 g/mol. The molecule has 0 saturated carbocycles. The Morgan fingerprint density at radius 1 is 1.38 bits per heavy atom. The largest absolute Gasteiger partial charge is 0.338 e. The molecule has 0 aliphatic carbocycles. The summed E-state index contributed by atoms with van der Waals surface area (Å²) in [6.07, 6.45) is 5.44. The third-order valence-corrected chi connectivity index (χ3v) is 5.14. The van der Waals surface area contributed by atoms with Crippen molar-refractivity contribution in [2.24, 2.45) is 7.05 Å². The van der Waals surface area contributed by atoms with Crippen molar-refractivity contribution in [3.8, 4) is 0 Å². The van der Waals surface area contributed by atoms with Crippen LogP contribution in [0.3, 0.4) is 0 Å². The Balaban J connectivity index is 1.68. The highest BCUT2D eigenvalue weighted by Crippen LogP contribution is 2.32. The average Bonchev–Trinajstić information content (AvgIpc) is 3.31. The number of carbonyl (C=O) groups excluding carboxylic acids is 1. The first-order valence-electron chi connectivity index (χ1n) is 8.05. The standard InChI is InChI=1S/C17H18ClN5O/c1-21-14-7-3-2-6-13(14)15(18)16(21)17(24)23-9-4-5-12(23)11-22-10-8-19-20-22/h2-3,6-8,10,12H,4-5,9,11H2,1H3/t12-/m0/s1. The smallest absolute Gasteiger partial charge is 0.272 e. The molecule has 3 heterocycles. The van der Waals surface area contributed by atoms with Gasteiger partial charge in [-0.25, -0.2) is 0 Å². The predicted octanol–water partition coefficient (Wildman–Crippen LogP) is 2.73. The molecule has 124 valence electrons. The number of nitrogens with zero attached hydrogens (tertiary/aromatic N) is 5. The molecule has 0 N–H and O–H groups in total. The van der Waals surface area contributed by atoms with Crippen LogP contribution in [0.2, 0.25) is 5.02 Å². The van der Waals surface area contributed by atoms with Gasteiger partial charge in [0.2, 0.25) is 0 Å². The topological polar surface area (TPSA) is 56.0 Å². The summed E-state index contributed by atoms with van der Waals surface area (Å²) < 4.78 is 3.67. The Morgan fingerprint density at radius 2 is 2.21 bits per heavy atom. The molecule has 2 aromatic heterocycles. The Labute approximate surface area is 144 Å². The molecule has 7 heteroatoms. The van der Waals surface area contributed by atoms with E-state index in [2.05, 4.69) is 10.3 Å². The van der Waals surface area contributed by atoms with Crippen LogP contribution >= 0.6 is 11.6 Å². The van der Waals surface area contributed by atoms with E-state index in [1.165, 1.54) is 0 Å². The minimum Gasteiger partial charge on any atom is -0.338 e. The zero-order valence-corrected chi connectivity index (χ0v) is 14.1. The molecule has 0 spiro atoms. The summed E-state index contributed by atoms with van der Waals surface area (Å²) in [6.45, 7) is 1.41. The van der Waals surface area contributed by atoms with Gasteiger partial charge in [0.1, 0.15) is 5.69 Å². The van der Waals surface area contributed by atoms with Gasteiger partial charge in [0.15, 0.2) is 0 Å². The number of para-hydroxylation sites is 1. The van der Waals surface area contributed by atoms with E-state index >= 15 is 0 Å². The minimum atomic E-state index is -0.0127. The summed E-state index contributed by atoms with van der Waals surface area (Å²) in [5.41, 5.74) is 1.53. The van der Waals surface area contributed by atoms with Crippen molar-refractivity contribution >= 4 is 28.4 Å². The molecule has 0 unspecified atom stereocenters. The van der Waals surface area contributed by atoms with E-state index in [4.69, 9.17) is 11.6 Å². The number of benzene rings is 1. The van der Waals surface area contributed by atoms with Crippen molar-refractivity contribution in [1.82, 2.24) is 24.5 Å². The predicted molar refractivity (Wildman–Crippen MR) is 92.0 cm³/mol. The summed E-state index contributed by atoms with van der Waals surface area (Å²) in [5, 5.41) is 9.29. The minimum absolute atomic E-state index is 0.0127. The fraction of sp³-hybridized carbons (Fsp3) is 0.353. The number of halogens is 1. The Bertz CT molecular complexity index is 847. The number of hydrogen-bond acceptors (Lipinski definition) is 3. The summed E-state index contributed by atoms with van der Waals surface area (Å²) in [4.78, 5) is 15.1. The molecule has 0 bridgehead atoms. The second-order valence-electron chi connectivity index (χ2n) is 6.16. The molecular weight excluding hydrogens is 326 g/mol. The van der Waals surface area contributed by atoms with Crippen molar-refractivity contribution in [1.29, 1.82) is 0 Å². The van der Waals surface area contributed by atoms with E-state index in [0.29, 0.717) is 17.3 Å². The fourth-order valence-corrected chi connectivity index (χ4v) is 3.93. The van der Waals surface area contributed by atoms with E-state index in [-0.39, 0.29) is 11.9 Å². The number of aryl methyl sites for hydroxylation is 1.